The summed E-state index contributed by atoms with van der Waals surface area (Å²) in [5.74, 6) is 1.71. The number of halogens is 1. The Bertz CT molecular complexity index is 806. The minimum absolute atomic E-state index is 0.0523. The van der Waals surface area contributed by atoms with E-state index < -0.39 is 12.1 Å². The van der Waals surface area contributed by atoms with E-state index in [-0.39, 0.29) is 13.2 Å². The van der Waals surface area contributed by atoms with Crippen LogP contribution >= 0.6 is 11.6 Å². The highest BCUT2D eigenvalue weighted by Gasteiger charge is 2.29. The van der Waals surface area contributed by atoms with Crippen LogP contribution in [0.1, 0.15) is 5.56 Å². The number of hydrogen-bond donors (Lipinski definition) is 0. The molecule has 130 valence electrons. The summed E-state index contributed by atoms with van der Waals surface area (Å²) >= 11 is 6.18. The van der Waals surface area contributed by atoms with Crippen molar-refractivity contribution in [3.8, 4) is 23.0 Å². The lowest BCUT2D eigenvalue weighted by Crippen LogP contribution is -2.37. The van der Waals surface area contributed by atoms with Crippen molar-refractivity contribution in [2.75, 3.05) is 19.8 Å². The number of rotatable bonds is 3. The molecular formula is C18H15ClO6. The Morgan fingerprint density at radius 1 is 1.08 bits per heavy atom. The van der Waals surface area contributed by atoms with Crippen LogP contribution in [0.25, 0.3) is 0 Å². The number of esters is 1. The Kier molecular flexibility index (Phi) is 4.28. The first-order chi connectivity index (χ1) is 12.2. The summed E-state index contributed by atoms with van der Waals surface area (Å²) in [6.07, 6.45) is -0.803. The highest BCUT2D eigenvalue weighted by Crippen LogP contribution is 2.38. The molecule has 0 saturated carbocycles. The predicted molar refractivity (Wildman–Crippen MR) is 88.6 cm³/mol. The van der Waals surface area contributed by atoms with Gasteiger partial charge in [0.05, 0.1) is 5.02 Å². The third-order valence-electron chi connectivity index (χ3n) is 3.81. The molecule has 0 spiro atoms. The Labute approximate surface area is 149 Å². The lowest BCUT2D eigenvalue weighted by atomic mass is 10.2. The van der Waals surface area contributed by atoms with Crippen molar-refractivity contribution in [3.05, 3.63) is 47.0 Å². The fraction of sp³-hybridized carbons (Fsp3) is 0.278. The van der Waals surface area contributed by atoms with Gasteiger partial charge in [-0.3, -0.25) is 0 Å². The van der Waals surface area contributed by atoms with Gasteiger partial charge in [0.2, 0.25) is 6.10 Å². The molecule has 1 atom stereocenters. The monoisotopic (exact) mass is 362 g/mol. The summed E-state index contributed by atoms with van der Waals surface area (Å²) in [5.41, 5.74) is 0.708. The highest BCUT2D eigenvalue weighted by atomic mass is 35.5. The van der Waals surface area contributed by atoms with Gasteiger partial charge in [0, 0.05) is 0 Å². The molecular weight excluding hydrogens is 348 g/mol. The number of carbonyl (C=O) groups is 1. The van der Waals surface area contributed by atoms with E-state index in [0.717, 1.165) is 0 Å². The minimum Gasteiger partial charge on any atom is -0.486 e. The minimum atomic E-state index is -0.803. The number of benzene rings is 2. The largest absolute Gasteiger partial charge is 0.486 e. The molecule has 0 bridgehead atoms. The second-order valence-electron chi connectivity index (χ2n) is 5.57. The van der Waals surface area contributed by atoms with Crippen molar-refractivity contribution < 1.29 is 28.5 Å². The van der Waals surface area contributed by atoms with Gasteiger partial charge in [-0.25, -0.2) is 4.79 Å². The summed E-state index contributed by atoms with van der Waals surface area (Å²) in [7, 11) is 0. The molecule has 0 amide bonds. The van der Waals surface area contributed by atoms with Gasteiger partial charge in [-0.1, -0.05) is 23.7 Å². The molecule has 2 aliphatic rings. The fourth-order valence-corrected chi connectivity index (χ4v) is 2.92. The first-order valence-corrected chi connectivity index (χ1v) is 8.21. The van der Waals surface area contributed by atoms with E-state index >= 15 is 0 Å². The molecule has 4 rings (SSSR count). The van der Waals surface area contributed by atoms with Crippen LogP contribution < -0.4 is 18.9 Å². The first-order valence-electron chi connectivity index (χ1n) is 7.84. The zero-order valence-corrected chi connectivity index (χ0v) is 14.0. The molecule has 6 nitrogen and oxygen atoms in total. The molecule has 2 aromatic carbocycles. The topological polar surface area (TPSA) is 63.2 Å². The average molecular weight is 363 g/mol. The van der Waals surface area contributed by atoms with E-state index in [4.69, 9.17) is 35.3 Å². The van der Waals surface area contributed by atoms with Crippen molar-refractivity contribution in [2.45, 2.75) is 12.7 Å². The maximum Gasteiger partial charge on any atom is 0.351 e. The summed E-state index contributed by atoms with van der Waals surface area (Å²) < 4.78 is 27.4. The second kappa shape index (κ2) is 6.72. The zero-order valence-electron chi connectivity index (χ0n) is 13.2. The van der Waals surface area contributed by atoms with Gasteiger partial charge in [-0.2, -0.15) is 0 Å². The summed E-state index contributed by atoms with van der Waals surface area (Å²) in [6, 6.07) is 10.6. The van der Waals surface area contributed by atoms with Crippen LogP contribution in [0.3, 0.4) is 0 Å². The molecule has 0 radical (unpaired) electrons. The number of carbonyl (C=O) groups excluding carboxylic acids is 1. The normalized spacial score (nSPS) is 17.7. The molecule has 2 aromatic rings. The van der Waals surface area contributed by atoms with Crippen LogP contribution in [0, 0.1) is 0 Å². The quantitative estimate of drug-likeness (QED) is 0.782. The van der Waals surface area contributed by atoms with Crippen LogP contribution in [0.4, 0.5) is 0 Å². The Morgan fingerprint density at radius 2 is 1.88 bits per heavy atom. The number of fused-ring (bicyclic) bond motifs is 2. The molecule has 2 heterocycles. The maximum absolute atomic E-state index is 12.2. The van der Waals surface area contributed by atoms with Crippen LogP contribution in [-0.4, -0.2) is 31.9 Å². The molecule has 25 heavy (non-hydrogen) atoms. The van der Waals surface area contributed by atoms with Crippen molar-refractivity contribution in [3.63, 3.8) is 0 Å². The Hall–Kier alpha value is -2.60. The van der Waals surface area contributed by atoms with Gasteiger partial charge in [-0.05, 0) is 29.8 Å². The van der Waals surface area contributed by atoms with Crippen molar-refractivity contribution in [1.29, 1.82) is 0 Å². The van der Waals surface area contributed by atoms with Gasteiger partial charge in [0.1, 0.15) is 26.4 Å². The van der Waals surface area contributed by atoms with Crippen LogP contribution in [0.15, 0.2) is 36.4 Å². The summed E-state index contributed by atoms with van der Waals surface area (Å²) in [4.78, 5) is 12.2. The Morgan fingerprint density at radius 3 is 2.76 bits per heavy atom. The van der Waals surface area contributed by atoms with Crippen molar-refractivity contribution in [2.24, 2.45) is 0 Å². The SMILES string of the molecule is O=C(OCc1cc(Cl)c2c(c1)OCCO2)[C@@H]1COc2ccccc2O1. The standard InChI is InChI=1S/C18H15ClO6/c19-12-7-11(8-15-17(12)22-6-5-21-15)9-24-18(20)16-10-23-13-3-1-2-4-14(13)25-16/h1-4,7-8,16H,5-6,9-10H2/t16-/m0/s1. The van der Waals surface area contributed by atoms with E-state index in [1.807, 2.05) is 12.1 Å². The molecule has 0 saturated heterocycles. The Balaban J connectivity index is 1.40. The van der Waals surface area contributed by atoms with Gasteiger partial charge < -0.3 is 23.7 Å². The molecule has 2 aliphatic heterocycles. The molecule has 0 aliphatic carbocycles. The smallest absolute Gasteiger partial charge is 0.351 e. The van der Waals surface area contributed by atoms with E-state index in [2.05, 4.69) is 0 Å². The predicted octanol–water partition coefficient (Wildman–Crippen LogP) is 2.99. The lowest BCUT2D eigenvalue weighted by Gasteiger charge is -2.25. The number of ether oxygens (including phenoxy) is 5. The first kappa shape index (κ1) is 15.9. The molecule has 0 fully saturated rings. The highest BCUT2D eigenvalue weighted by molar-refractivity contribution is 6.32. The second-order valence-corrected chi connectivity index (χ2v) is 5.98. The van der Waals surface area contributed by atoms with E-state index in [0.29, 0.717) is 46.8 Å². The van der Waals surface area contributed by atoms with E-state index in [9.17, 15) is 4.79 Å². The van der Waals surface area contributed by atoms with Crippen molar-refractivity contribution in [1.82, 2.24) is 0 Å². The summed E-state index contributed by atoms with van der Waals surface area (Å²) in [5, 5.41) is 0.425. The maximum atomic E-state index is 12.2. The third-order valence-corrected chi connectivity index (χ3v) is 4.09. The molecule has 0 unspecified atom stereocenters. The number of hydrogen-bond acceptors (Lipinski definition) is 6. The van der Waals surface area contributed by atoms with Crippen molar-refractivity contribution >= 4 is 17.6 Å². The van der Waals surface area contributed by atoms with E-state index in [1.54, 1.807) is 24.3 Å². The van der Waals surface area contributed by atoms with Crippen LogP contribution in [0.2, 0.25) is 5.02 Å². The van der Waals surface area contributed by atoms with Gasteiger partial charge in [0.15, 0.2) is 23.0 Å². The van der Waals surface area contributed by atoms with E-state index in [1.165, 1.54) is 0 Å². The van der Waals surface area contributed by atoms with Crippen LogP contribution in [0.5, 0.6) is 23.0 Å². The van der Waals surface area contributed by atoms with Gasteiger partial charge in [-0.15, -0.1) is 0 Å². The zero-order chi connectivity index (χ0) is 17.2. The molecule has 0 N–H and O–H groups in total. The third kappa shape index (κ3) is 3.30. The number of para-hydroxylation sites is 2. The fourth-order valence-electron chi connectivity index (χ4n) is 2.63. The summed E-state index contributed by atoms with van der Waals surface area (Å²) in [6.45, 7) is 1.08. The molecule has 0 aromatic heterocycles. The molecule has 7 heteroatoms. The lowest BCUT2D eigenvalue weighted by molar-refractivity contribution is -0.155. The average Bonchev–Trinajstić information content (AvgIpc) is 2.66. The van der Waals surface area contributed by atoms with Crippen LogP contribution in [-0.2, 0) is 16.1 Å². The van der Waals surface area contributed by atoms with Gasteiger partial charge >= 0.3 is 5.97 Å². The van der Waals surface area contributed by atoms with Gasteiger partial charge in [0.25, 0.3) is 0 Å².